The summed E-state index contributed by atoms with van der Waals surface area (Å²) in [4.78, 5) is 32.6. The number of rotatable bonds is 5. The Bertz CT molecular complexity index is 1570. The van der Waals surface area contributed by atoms with Gasteiger partial charge >= 0.3 is 0 Å². The summed E-state index contributed by atoms with van der Waals surface area (Å²) in [7, 11) is 3.57. The number of primary amides is 1. The number of hydrogen-bond acceptors (Lipinski definition) is 8. The number of aliphatic hydroxyl groups excluding tert-OH is 2. The highest BCUT2D eigenvalue weighted by atomic mass is 19.1. The Hall–Kier alpha value is -4.15. The van der Waals surface area contributed by atoms with Gasteiger partial charge in [-0.15, -0.1) is 0 Å². The minimum absolute atomic E-state index is 0.112. The highest BCUT2D eigenvalue weighted by Crippen LogP contribution is 2.53. The number of Topliss-reactive ketones (excluding diaryl/α,β-unsaturated/α-hetero) is 1. The van der Waals surface area contributed by atoms with Crippen molar-refractivity contribution in [2.24, 2.45) is 23.5 Å². The number of benzene rings is 2. The van der Waals surface area contributed by atoms with Gasteiger partial charge in [-0.05, 0) is 85.8 Å². The molecule has 10 heteroatoms. The second-order valence-corrected chi connectivity index (χ2v) is 12.3. The average molecular weight is 589 g/mol. The van der Waals surface area contributed by atoms with Crippen molar-refractivity contribution in [3.8, 4) is 5.75 Å². The molecule has 3 unspecified atom stereocenters. The van der Waals surface area contributed by atoms with Crippen LogP contribution in [0.4, 0.5) is 10.1 Å². The fraction of sp³-hybridized carbons (Fsp3) is 0.394. The predicted molar refractivity (Wildman–Crippen MR) is 160 cm³/mol. The SMILES string of the molecule is C=C1C(C(N)=O)=C(O)[C@@H](N(C)C)C2CC3Cc4c(CN5CCN(c6ccc(F)cc6)CC5)ccc(O)c4C(=O)C3=C(O)C12. The van der Waals surface area contributed by atoms with E-state index in [1.54, 1.807) is 31.1 Å². The number of carbonyl (C=O) groups is 2. The number of phenolic OH excluding ortho intramolecular Hbond substituents is 1. The monoisotopic (exact) mass is 588 g/mol. The van der Waals surface area contributed by atoms with E-state index >= 15 is 0 Å². The highest BCUT2D eigenvalue weighted by molar-refractivity contribution is 6.13. The van der Waals surface area contributed by atoms with Crippen LogP contribution < -0.4 is 10.6 Å². The number of amides is 1. The normalized spacial score (nSPS) is 26.0. The Morgan fingerprint density at radius 3 is 2.35 bits per heavy atom. The van der Waals surface area contributed by atoms with Crippen LogP contribution in [0.2, 0.25) is 0 Å². The second-order valence-electron chi connectivity index (χ2n) is 12.3. The van der Waals surface area contributed by atoms with E-state index in [-0.39, 0.29) is 57.2 Å². The molecule has 1 saturated heterocycles. The van der Waals surface area contributed by atoms with Crippen molar-refractivity contribution >= 4 is 17.4 Å². The van der Waals surface area contributed by atoms with Gasteiger partial charge in [0.15, 0.2) is 5.78 Å². The molecule has 0 aromatic heterocycles. The van der Waals surface area contributed by atoms with Crippen LogP contribution in [0.3, 0.4) is 0 Å². The van der Waals surface area contributed by atoms with Gasteiger partial charge in [0.2, 0.25) is 0 Å². The quantitative estimate of drug-likeness (QED) is 0.418. The van der Waals surface area contributed by atoms with Gasteiger partial charge < -0.3 is 26.0 Å². The zero-order valence-electron chi connectivity index (χ0n) is 24.4. The number of aromatic hydroxyl groups is 1. The molecule has 2 aromatic rings. The zero-order valence-corrected chi connectivity index (χ0v) is 24.4. The molecule has 9 nitrogen and oxygen atoms in total. The smallest absolute Gasteiger partial charge is 0.252 e. The largest absolute Gasteiger partial charge is 0.511 e. The van der Waals surface area contributed by atoms with Crippen molar-refractivity contribution in [2.75, 3.05) is 45.2 Å². The van der Waals surface area contributed by atoms with Gasteiger partial charge in [-0.25, -0.2) is 4.39 Å². The number of piperazine rings is 1. The summed E-state index contributed by atoms with van der Waals surface area (Å²) >= 11 is 0. The summed E-state index contributed by atoms with van der Waals surface area (Å²) in [5.74, 6) is -3.42. The molecule has 5 N–H and O–H groups in total. The Morgan fingerprint density at radius 1 is 1.05 bits per heavy atom. The van der Waals surface area contributed by atoms with Crippen molar-refractivity contribution in [2.45, 2.75) is 25.4 Å². The molecule has 0 spiro atoms. The van der Waals surface area contributed by atoms with E-state index < -0.39 is 23.7 Å². The molecular formula is C33H37FN4O5. The van der Waals surface area contributed by atoms with Crippen LogP contribution in [-0.2, 0) is 17.8 Å². The van der Waals surface area contributed by atoms with Crippen molar-refractivity contribution < 1.29 is 29.3 Å². The first-order valence-corrected chi connectivity index (χ1v) is 14.6. The Morgan fingerprint density at radius 2 is 1.72 bits per heavy atom. The third kappa shape index (κ3) is 4.78. The summed E-state index contributed by atoms with van der Waals surface area (Å²) in [5, 5.41) is 33.6. The van der Waals surface area contributed by atoms with Crippen molar-refractivity contribution in [1.29, 1.82) is 0 Å². The predicted octanol–water partition coefficient (Wildman–Crippen LogP) is 3.45. The van der Waals surface area contributed by atoms with Gasteiger partial charge in [-0.2, -0.15) is 0 Å². The molecule has 0 bridgehead atoms. The summed E-state index contributed by atoms with van der Waals surface area (Å²) in [5.41, 5.74) is 8.84. The number of allylic oxidation sites excluding steroid dienone is 2. The third-order valence-electron chi connectivity index (χ3n) is 9.67. The van der Waals surface area contributed by atoms with E-state index in [0.717, 1.165) is 43.0 Å². The maximum Gasteiger partial charge on any atom is 0.252 e. The highest BCUT2D eigenvalue weighted by Gasteiger charge is 2.52. The summed E-state index contributed by atoms with van der Waals surface area (Å²) in [6.45, 7) is 7.71. The van der Waals surface area contributed by atoms with Gasteiger partial charge in [-0.3, -0.25) is 19.4 Å². The molecule has 3 aliphatic carbocycles. The van der Waals surface area contributed by atoms with Crippen LogP contribution in [0.1, 0.15) is 27.9 Å². The number of aliphatic hydroxyl groups is 2. The topological polar surface area (TPSA) is 131 Å². The maximum atomic E-state index is 14.0. The van der Waals surface area contributed by atoms with Gasteiger partial charge in [0.1, 0.15) is 23.1 Å². The average Bonchev–Trinajstić information content (AvgIpc) is 2.94. The molecule has 1 aliphatic heterocycles. The van der Waals surface area contributed by atoms with Crippen molar-refractivity contribution in [3.63, 3.8) is 0 Å². The van der Waals surface area contributed by atoms with Gasteiger partial charge in [0, 0.05) is 49.9 Å². The standard InChI is InChI=1S/C33H37FN4O5/c1-17-25-23(29(36(2)3)32(42)26(17)33(35)43)15-19-14-22-18(4-9-24(39)28(22)31(41)27(19)30(25)40)16-37-10-12-38(13-11-37)21-7-5-20(34)6-8-21/h4-9,19,23,25,29,39-40,42H,1,10-16H2,2-3H3,(H2,35,43)/t19?,23?,25?,29-/m0/s1. The number of anilines is 1. The van der Waals surface area contributed by atoms with Gasteiger partial charge in [0.25, 0.3) is 5.91 Å². The first-order chi connectivity index (χ1) is 20.5. The lowest BCUT2D eigenvalue weighted by atomic mass is 9.60. The molecule has 4 atom stereocenters. The zero-order chi connectivity index (χ0) is 30.7. The fourth-order valence-electron chi connectivity index (χ4n) is 7.72. The fourth-order valence-corrected chi connectivity index (χ4v) is 7.72. The second kappa shape index (κ2) is 10.8. The Kier molecular flexibility index (Phi) is 7.30. The van der Waals surface area contributed by atoms with Crippen LogP contribution in [-0.4, -0.2) is 83.1 Å². The minimum atomic E-state index is -0.839. The number of ketones is 1. The molecule has 4 aliphatic rings. The number of nitrogens with two attached hydrogens (primary N) is 1. The Labute approximate surface area is 250 Å². The lowest BCUT2D eigenvalue weighted by molar-refractivity contribution is -0.114. The molecule has 43 heavy (non-hydrogen) atoms. The number of likely N-dealkylation sites (N-methyl/N-ethyl adjacent to an activating group) is 1. The van der Waals surface area contributed by atoms with Gasteiger partial charge in [0.05, 0.1) is 17.2 Å². The number of halogens is 1. The number of fused-ring (bicyclic) bond motifs is 3. The minimum Gasteiger partial charge on any atom is -0.511 e. The van der Waals surface area contributed by atoms with Crippen LogP contribution >= 0.6 is 0 Å². The summed E-state index contributed by atoms with van der Waals surface area (Å²) < 4.78 is 13.4. The van der Waals surface area contributed by atoms with Crippen LogP contribution in [0, 0.1) is 23.6 Å². The van der Waals surface area contributed by atoms with Crippen LogP contribution in [0.15, 0.2) is 71.2 Å². The summed E-state index contributed by atoms with van der Waals surface area (Å²) in [6, 6.07) is 9.31. The Balaban J connectivity index is 1.30. The van der Waals surface area contributed by atoms with E-state index in [1.807, 2.05) is 6.07 Å². The molecule has 1 heterocycles. The van der Waals surface area contributed by atoms with Crippen LogP contribution in [0.5, 0.6) is 5.75 Å². The van der Waals surface area contributed by atoms with Gasteiger partial charge in [-0.1, -0.05) is 12.6 Å². The number of hydrogen-bond donors (Lipinski definition) is 4. The van der Waals surface area contributed by atoms with E-state index in [9.17, 15) is 29.3 Å². The van der Waals surface area contributed by atoms with Crippen LogP contribution in [0.25, 0.3) is 0 Å². The number of carbonyl (C=O) groups excluding carboxylic acids is 2. The van der Waals surface area contributed by atoms with Crippen molar-refractivity contribution in [1.82, 2.24) is 9.80 Å². The molecule has 6 rings (SSSR count). The van der Waals surface area contributed by atoms with E-state index in [1.165, 1.54) is 18.2 Å². The number of phenols is 1. The molecular weight excluding hydrogens is 551 g/mol. The lowest BCUT2D eigenvalue weighted by Crippen LogP contribution is -2.50. The maximum absolute atomic E-state index is 14.0. The number of nitrogens with zero attached hydrogens (tertiary/aromatic N) is 3. The molecule has 0 saturated carbocycles. The first-order valence-electron chi connectivity index (χ1n) is 14.6. The first kappa shape index (κ1) is 28.9. The third-order valence-corrected chi connectivity index (χ3v) is 9.67. The van der Waals surface area contributed by atoms with E-state index in [4.69, 9.17) is 5.73 Å². The van der Waals surface area contributed by atoms with E-state index in [2.05, 4.69) is 16.4 Å². The molecule has 226 valence electrons. The molecule has 2 aromatic carbocycles. The molecule has 1 fully saturated rings. The van der Waals surface area contributed by atoms with E-state index in [0.29, 0.717) is 19.4 Å². The summed E-state index contributed by atoms with van der Waals surface area (Å²) in [6.07, 6.45) is 0.918. The van der Waals surface area contributed by atoms with Crippen molar-refractivity contribution in [3.05, 3.63) is 93.7 Å². The molecule has 0 radical (unpaired) electrons. The lowest BCUT2D eigenvalue weighted by Gasteiger charge is -2.47. The molecule has 1 amide bonds.